The molecule has 0 aliphatic rings. The molecule has 0 bridgehead atoms. The maximum absolute atomic E-state index is 12.3. The molecule has 6 nitrogen and oxygen atoms in total. The van der Waals surface area contributed by atoms with Gasteiger partial charge >= 0.3 is 0 Å². The Hall–Kier alpha value is -2.93. The molecule has 0 saturated carbocycles. The van der Waals surface area contributed by atoms with Crippen LogP contribution in [0.5, 0.6) is 0 Å². The summed E-state index contributed by atoms with van der Waals surface area (Å²) in [4.78, 5) is 26.2. The quantitative estimate of drug-likeness (QED) is 0.664. The first-order valence-corrected chi connectivity index (χ1v) is 8.56. The van der Waals surface area contributed by atoms with E-state index in [1.54, 1.807) is 30.3 Å². The van der Waals surface area contributed by atoms with Gasteiger partial charge in [0.1, 0.15) is 0 Å². The third-order valence-electron chi connectivity index (χ3n) is 3.74. The topological polar surface area (TPSA) is 86.9 Å². The highest BCUT2D eigenvalue weighted by molar-refractivity contribution is 7.14. The average molecular weight is 354 g/mol. The van der Waals surface area contributed by atoms with E-state index in [4.69, 9.17) is 0 Å². The molecule has 0 atom stereocenters. The fourth-order valence-corrected chi connectivity index (χ4v) is 3.14. The van der Waals surface area contributed by atoms with Crippen molar-refractivity contribution in [2.45, 2.75) is 20.8 Å². The fraction of sp³-hybridized carbons (Fsp3) is 0.167. The number of H-pyrrole nitrogens is 1. The third kappa shape index (κ3) is 3.77. The molecule has 3 N–H and O–H groups in total. The van der Waals surface area contributed by atoms with Gasteiger partial charge in [0.2, 0.25) is 0 Å². The van der Waals surface area contributed by atoms with Gasteiger partial charge in [0, 0.05) is 16.1 Å². The maximum Gasteiger partial charge on any atom is 0.265 e. The minimum Gasteiger partial charge on any atom is -0.321 e. The molecule has 1 aromatic carbocycles. The number of anilines is 2. The lowest BCUT2D eigenvalue weighted by Gasteiger charge is -2.07. The largest absolute Gasteiger partial charge is 0.321 e. The Labute approximate surface area is 149 Å². The Morgan fingerprint density at radius 3 is 2.24 bits per heavy atom. The second-order valence-corrected chi connectivity index (χ2v) is 6.99. The normalized spacial score (nSPS) is 10.5. The van der Waals surface area contributed by atoms with Crippen LogP contribution in [0.2, 0.25) is 0 Å². The minimum atomic E-state index is -0.223. The molecule has 128 valence electrons. The lowest BCUT2D eigenvalue weighted by atomic mass is 10.2. The number of thiophene rings is 1. The second-order valence-electron chi connectivity index (χ2n) is 5.70. The molecule has 0 spiro atoms. The highest BCUT2D eigenvalue weighted by atomic mass is 32.1. The molecule has 25 heavy (non-hydrogen) atoms. The van der Waals surface area contributed by atoms with Gasteiger partial charge in [-0.3, -0.25) is 14.7 Å². The molecule has 0 radical (unpaired) electrons. The Morgan fingerprint density at radius 1 is 0.960 bits per heavy atom. The molecular weight excluding hydrogens is 336 g/mol. The molecule has 2 amide bonds. The fourth-order valence-electron chi connectivity index (χ4n) is 2.37. The highest BCUT2D eigenvalue weighted by Gasteiger charge is 2.13. The molecule has 0 unspecified atom stereocenters. The SMILES string of the molecule is Cc1ccc(C(=O)Nc2ccc(C(=O)Nc3c(C)n[nH]c3C)cc2)s1. The number of rotatable bonds is 4. The Bertz CT molecular complexity index is 905. The summed E-state index contributed by atoms with van der Waals surface area (Å²) in [5.74, 6) is -0.376. The summed E-state index contributed by atoms with van der Waals surface area (Å²) < 4.78 is 0. The molecular formula is C18H18N4O2S. The number of aromatic amines is 1. The van der Waals surface area contributed by atoms with Crippen molar-refractivity contribution in [1.29, 1.82) is 0 Å². The maximum atomic E-state index is 12.3. The van der Waals surface area contributed by atoms with Gasteiger partial charge in [0.25, 0.3) is 11.8 Å². The van der Waals surface area contributed by atoms with Gasteiger partial charge in [-0.15, -0.1) is 11.3 Å². The molecule has 3 rings (SSSR count). The number of benzene rings is 1. The number of aryl methyl sites for hydroxylation is 3. The van der Waals surface area contributed by atoms with Crippen molar-refractivity contribution in [1.82, 2.24) is 10.2 Å². The number of carbonyl (C=O) groups excluding carboxylic acids is 2. The van der Waals surface area contributed by atoms with E-state index in [2.05, 4.69) is 20.8 Å². The third-order valence-corrected chi connectivity index (χ3v) is 4.74. The van der Waals surface area contributed by atoms with Crippen LogP contribution in [0.1, 0.15) is 36.3 Å². The molecule has 0 saturated heterocycles. The highest BCUT2D eigenvalue weighted by Crippen LogP contribution is 2.19. The molecule has 2 heterocycles. The van der Waals surface area contributed by atoms with Crippen LogP contribution < -0.4 is 10.6 Å². The number of hydrogen-bond donors (Lipinski definition) is 3. The summed E-state index contributed by atoms with van der Waals surface area (Å²) in [6, 6.07) is 10.5. The van der Waals surface area contributed by atoms with E-state index < -0.39 is 0 Å². The van der Waals surface area contributed by atoms with Gasteiger partial charge in [0.05, 0.1) is 22.0 Å². The molecule has 3 aromatic rings. The van der Waals surface area contributed by atoms with Crippen LogP contribution in [0.4, 0.5) is 11.4 Å². The summed E-state index contributed by atoms with van der Waals surface area (Å²) in [6.07, 6.45) is 0. The van der Waals surface area contributed by atoms with Gasteiger partial charge in [-0.1, -0.05) is 0 Å². The summed E-state index contributed by atoms with van der Waals surface area (Å²) in [5.41, 5.74) is 3.38. The zero-order valence-corrected chi connectivity index (χ0v) is 15.0. The van der Waals surface area contributed by atoms with E-state index in [9.17, 15) is 9.59 Å². The van der Waals surface area contributed by atoms with Gasteiger partial charge < -0.3 is 10.6 Å². The van der Waals surface area contributed by atoms with Gasteiger partial charge in [-0.25, -0.2) is 0 Å². The van der Waals surface area contributed by atoms with E-state index in [0.717, 1.165) is 16.3 Å². The predicted molar refractivity (Wildman–Crippen MR) is 99.5 cm³/mol. The smallest absolute Gasteiger partial charge is 0.265 e. The predicted octanol–water partition coefficient (Wildman–Crippen LogP) is 3.90. The molecule has 0 aliphatic carbocycles. The van der Waals surface area contributed by atoms with E-state index >= 15 is 0 Å². The summed E-state index contributed by atoms with van der Waals surface area (Å²) in [5, 5.41) is 12.6. The van der Waals surface area contributed by atoms with Gasteiger partial charge in [0.15, 0.2) is 0 Å². The van der Waals surface area contributed by atoms with Crippen molar-refractivity contribution < 1.29 is 9.59 Å². The Morgan fingerprint density at radius 2 is 1.68 bits per heavy atom. The zero-order valence-electron chi connectivity index (χ0n) is 14.1. The molecule has 0 aliphatic heterocycles. The number of carbonyl (C=O) groups is 2. The van der Waals surface area contributed by atoms with Crippen LogP contribution in [-0.2, 0) is 0 Å². The van der Waals surface area contributed by atoms with Crippen molar-refractivity contribution in [3.8, 4) is 0 Å². The number of hydrogen-bond acceptors (Lipinski definition) is 4. The van der Waals surface area contributed by atoms with Crippen molar-refractivity contribution in [3.63, 3.8) is 0 Å². The van der Waals surface area contributed by atoms with Crippen LogP contribution in [0.25, 0.3) is 0 Å². The Balaban J connectivity index is 1.67. The first-order chi connectivity index (χ1) is 11.9. The van der Waals surface area contributed by atoms with Crippen molar-refractivity contribution in [2.24, 2.45) is 0 Å². The first kappa shape index (κ1) is 16.9. The molecule has 7 heteroatoms. The minimum absolute atomic E-state index is 0.153. The van der Waals surface area contributed by atoms with Crippen molar-refractivity contribution >= 4 is 34.5 Å². The lowest BCUT2D eigenvalue weighted by Crippen LogP contribution is -2.14. The Kier molecular flexibility index (Phi) is 4.67. The van der Waals surface area contributed by atoms with Gasteiger partial charge in [-0.05, 0) is 57.2 Å². The number of nitrogens with one attached hydrogen (secondary N) is 3. The average Bonchev–Trinajstić information content (AvgIpc) is 3.16. The van der Waals surface area contributed by atoms with Crippen LogP contribution in [-0.4, -0.2) is 22.0 Å². The van der Waals surface area contributed by atoms with Crippen LogP contribution >= 0.6 is 11.3 Å². The lowest BCUT2D eigenvalue weighted by molar-refractivity contribution is 0.102. The standard InChI is InChI=1S/C18H18N4O2S/c1-10-4-9-15(25-10)18(24)19-14-7-5-13(6-8-14)17(23)20-16-11(2)21-22-12(16)3/h4-9H,1-3H3,(H,19,24)(H,20,23)(H,21,22). The van der Waals surface area contributed by atoms with E-state index in [-0.39, 0.29) is 11.8 Å². The second kappa shape index (κ2) is 6.90. The number of aromatic nitrogens is 2. The number of amides is 2. The zero-order chi connectivity index (χ0) is 18.0. The summed E-state index contributed by atoms with van der Waals surface area (Å²) >= 11 is 1.44. The van der Waals surface area contributed by atoms with Crippen LogP contribution in [0.3, 0.4) is 0 Å². The van der Waals surface area contributed by atoms with Crippen LogP contribution in [0.15, 0.2) is 36.4 Å². The molecule has 2 aromatic heterocycles. The molecule has 0 fully saturated rings. The van der Waals surface area contributed by atoms with E-state index in [1.807, 2.05) is 26.8 Å². The van der Waals surface area contributed by atoms with E-state index in [0.29, 0.717) is 21.8 Å². The van der Waals surface area contributed by atoms with Crippen molar-refractivity contribution in [3.05, 3.63) is 63.1 Å². The summed E-state index contributed by atoms with van der Waals surface area (Å²) in [6.45, 7) is 5.63. The number of nitrogens with zero attached hydrogens (tertiary/aromatic N) is 1. The van der Waals surface area contributed by atoms with Crippen molar-refractivity contribution in [2.75, 3.05) is 10.6 Å². The first-order valence-electron chi connectivity index (χ1n) is 7.75. The van der Waals surface area contributed by atoms with Gasteiger partial charge in [-0.2, -0.15) is 5.10 Å². The monoisotopic (exact) mass is 354 g/mol. The summed E-state index contributed by atoms with van der Waals surface area (Å²) in [7, 11) is 0. The van der Waals surface area contributed by atoms with Crippen LogP contribution in [0, 0.1) is 20.8 Å². The van der Waals surface area contributed by atoms with E-state index in [1.165, 1.54) is 11.3 Å².